The van der Waals surface area contributed by atoms with Gasteiger partial charge in [0.1, 0.15) is 0 Å². The highest BCUT2D eigenvalue weighted by molar-refractivity contribution is 6.42. The number of benzene rings is 1. The van der Waals surface area contributed by atoms with Gasteiger partial charge in [-0.3, -0.25) is 0 Å². The van der Waals surface area contributed by atoms with Crippen molar-refractivity contribution in [3.05, 3.63) is 28.2 Å². The van der Waals surface area contributed by atoms with E-state index in [1.54, 1.807) is 18.2 Å². The Hall–Kier alpha value is -0.970. The summed E-state index contributed by atoms with van der Waals surface area (Å²) in [6.07, 6.45) is 3.57. The van der Waals surface area contributed by atoms with Crippen LogP contribution in [0.3, 0.4) is 0 Å². The van der Waals surface area contributed by atoms with Gasteiger partial charge in [-0.25, -0.2) is 4.79 Å². The summed E-state index contributed by atoms with van der Waals surface area (Å²) >= 11 is 11.8. The Morgan fingerprint density at radius 2 is 2.19 bits per heavy atom. The molecule has 0 saturated carbocycles. The van der Waals surface area contributed by atoms with E-state index < -0.39 is 0 Å². The first kappa shape index (κ1) is 16.4. The highest BCUT2D eigenvalue weighted by atomic mass is 35.5. The largest absolute Gasteiger partial charge is 0.323 e. The second-order valence-corrected chi connectivity index (χ2v) is 6.06. The lowest BCUT2D eigenvalue weighted by Crippen LogP contribution is -2.47. The molecule has 2 N–H and O–H groups in total. The summed E-state index contributed by atoms with van der Waals surface area (Å²) in [5.74, 6) is 0. The summed E-state index contributed by atoms with van der Waals surface area (Å²) in [5, 5.41) is 7.24. The number of carbonyl (C=O) groups is 1. The van der Waals surface area contributed by atoms with Crippen molar-refractivity contribution in [2.75, 3.05) is 25.0 Å². The summed E-state index contributed by atoms with van der Waals surface area (Å²) < 4.78 is 0. The number of hydrogen-bond donors (Lipinski definition) is 2. The number of hydrogen-bond acceptors (Lipinski definition) is 2. The third-order valence-electron chi connectivity index (χ3n) is 3.69. The molecule has 6 heteroatoms. The van der Waals surface area contributed by atoms with Crippen LogP contribution >= 0.6 is 23.2 Å². The van der Waals surface area contributed by atoms with Crippen molar-refractivity contribution in [1.82, 2.24) is 10.2 Å². The van der Waals surface area contributed by atoms with Crippen molar-refractivity contribution in [2.24, 2.45) is 0 Å². The monoisotopic (exact) mass is 329 g/mol. The molecule has 0 radical (unpaired) electrons. The van der Waals surface area contributed by atoms with Crippen LogP contribution < -0.4 is 10.6 Å². The van der Waals surface area contributed by atoms with E-state index in [0.29, 0.717) is 28.3 Å². The van der Waals surface area contributed by atoms with Gasteiger partial charge in [-0.2, -0.15) is 0 Å². The van der Waals surface area contributed by atoms with Crippen LogP contribution in [0.2, 0.25) is 10.0 Å². The van der Waals surface area contributed by atoms with Crippen molar-refractivity contribution >= 4 is 34.9 Å². The molecule has 1 saturated heterocycles. The molecule has 1 aliphatic heterocycles. The van der Waals surface area contributed by atoms with Gasteiger partial charge < -0.3 is 15.5 Å². The van der Waals surface area contributed by atoms with E-state index >= 15 is 0 Å². The lowest BCUT2D eigenvalue weighted by molar-refractivity contribution is 0.203. The Bertz CT molecular complexity index is 490. The van der Waals surface area contributed by atoms with E-state index in [4.69, 9.17) is 23.2 Å². The number of halogens is 2. The number of nitrogens with zero attached hydrogens (tertiary/aromatic N) is 1. The average Bonchev–Trinajstić information content (AvgIpc) is 2.49. The smallest absolute Gasteiger partial charge is 0.321 e. The van der Waals surface area contributed by atoms with Crippen molar-refractivity contribution in [2.45, 2.75) is 32.2 Å². The standard InChI is InChI=1S/C15H21Cl2N3O/c1-2-20(10-12-5-3-4-8-18-12)15(21)19-11-6-7-13(16)14(17)9-11/h6-7,9,12,18H,2-5,8,10H2,1H3,(H,19,21). The molecule has 1 atom stereocenters. The minimum Gasteiger partial charge on any atom is -0.323 e. The van der Waals surface area contributed by atoms with Crippen molar-refractivity contribution < 1.29 is 4.79 Å². The highest BCUT2D eigenvalue weighted by Crippen LogP contribution is 2.25. The quantitative estimate of drug-likeness (QED) is 0.877. The fourth-order valence-electron chi connectivity index (χ4n) is 2.48. The molecule has 1 unspecified atom stereocenters. The zero-order chi connectivity index (χ0) is 15.2. The van der Waals surface area contributed by atoms with E-state index in [0.717, 1.165) is 19.5 Å². The first-order valence-corrected chi connectivity index (χ1v) is 8.10. The van der Waals surface area contributed by atoms with Gasteiger partial charge in [-0.1, -0.05) is 29.6 Å². The van der Waals surface area contributed by atoms with Crippen molar-refractivity contribution in [3.63, 3.8) is 0 Å². The number of urea groups is 1. The normalized spacial score (nSPS) is 18.3. The van der Waals surface area contributed by atoms with Crippen LogP contribution in [-0.2, 0) is 0 Å². The zero-order valence-electron chi connectivity index (χ0n) is 12.2. The van der Waals surface area contributed by atoms with Gasteiger partial charge in [0.2, 0.25) is 0 Å². The van der Waals surface area contributed by atoms with Crippen LogP contribution in [0.15, 0.2) is 18.2 Å². The number of carbonyl (C=O) groups excluding carboxylic acids is 1. The third-order valence-corrected chi connectivity index (χ3v) is 4.43. The van der Waals surface area contributed by atoms with Crippen LogP contribution in [0.5, 0.6) is 0 Å². The number of piperidine rings is 1. The van der Waals surface area contributed by atoms with Crippen molar-refractivity contribution in [3.8, 4) is 0 Å². The Balaban J connectivity index is 1.94. The SMILES string of the molecule is CCN(CC1CCCCN1)C(=O)Nc1ccc(Cl)c(Cl)c1. The zero-order valence-corrected chi connectivity index (χ0v) is 13.7. The predicted molar refractivity (Wildman–Crippen MR) is 88.4 cm³/mol. The Morgan fingerprint density at radius 1 is 1.38 bits per heavy atom. The highest BCUT2D eigenvalue weighted by Gasteiger charge is 2.19. The molecule has 116 valence electrons. The molecule has 1 heterocycles. The second-order valence-electron chi connectivity index (χ2n) is 5.24. The summed E-state index contributed by atoms with van der Waals surface area (Å²) in [4.78, 5) is 14.1. The summed E-state index contributed by atoms with van der Waals surface area (Å²) in [7, 11) is 0. The Labute approximate surface area is 135 Å². The summed E-state index contributed by atoms with van der Waals surface area (Å²) in [5.41, 5.74) is 0.657. The molecular weight excluding hydrogens is 309 g/mol. The van der Waals surface area contributed by atoms with Gasteiger partial charge in [-0.05, 0) is 44.5 Å². The number of nitrogens with one attached hydrogen (secondary N) is 2. The molecule has 1 fully saturated rings. The van der Waals surface area contributed by atoms with Gasteiger partial charge in [-0.15, -0.1) is 0 Å². The maximum atomic E-state index is 12.3. The van der Waals surface area contributed by atoms with E-state index in [1.165, 1.54) is 12.8 Å². The van der Waals surface area contributed by atoms with E-state index in [-0.39, 0.29) is 6.03 Å². The maximum absolute atomic E-state index is 12.3. The molecular formula is C15H21Cl2N3O. The second kappa shape index (κ2) is 7.87. The molecule has 0 spiro atoms. The lowest BCUT2D eigenvalue weighted by Gasteiger charge is -2.30. The molecule has 2 rings (SSSR count). The molecule has 0 aromatic heterocycles. The minimum absolute atomic E-state index is 0.108. The van der Waals surface area contributed by atoms with Crippen LogP contribution in [-0.4, -0.2) is 36.6 Å². The Morgan fingerprint density at radius 3 is 2.81 bits per heavy atom. The third kappa shape index (κ3) is 4.77. The van der Waals surface area contributed by atoms with Crippen LogP contribution in [0.1, 0.15) is 26.2 Å². The fraction of sp³-hybridized carbons (Fsp3) is 0.533. The van der Waals surface area contributed by atoms with Crippen LogP contribution in [0.4, 0.5) is 10.5 Å². The van der Waals surface area contributed by atoms with Crippen LogP contribution in [0, 0.1) is 0 Å². The molecule has 4 nitrogen and oxygen atoms in total. The molecule has 0 bridgehead atoms. The average molecular weight is 330 g/mol. The van der Waals surface area contributed by atoms with Gasteiger partial charge in [0.05, 0.1) is 10.0 Å². The predicted octanol–water partition coefficient (Wildman–Crippen LogP) is 3.99. The van der Waals surface area contributed by atoms with Crippen molar-refractivity contribution in [1.29, 1.82) is 0 Å². The van der Waals surface area contributed by atoms with E-state index in [2.05, 4.69) is 10.6 Å². The summed E-state index contributed by atoms with van der Waals surface area (Å²) in [6, 6.07) is 5.37. The number of rotatable bonds is 4. The number of amides is 2. The maximum Gasteiger partial charge on any atom is 0.321 e. The first-order chi connectivity index (χ1) is 10.1. The first-order valence-electron chi connectivity index (χ1n) is 7.34. The van der Waals surface area contributed by atoms with Crippen LogP contribution in [0.25, 0.3) is 0 Å². The topological polar surface area (TPSA) is 44.4 Å². The lowest BCUT2D eigenvalue weighted by atomic mass is 10.0. The van der Waals surface area contributed by atoms with E-state index in [1.807, 2.05) is 11.8 Å². The fourth-order valence-corrected chi connectivity index (χ4v) is 2.78. The number of anilines is 1. The van der Waals surface area contributed by atoms with Gasteiger partial charge in [0, 0.05) is 24.8 Å². The van der Waals surface area contributed by atoms with Gasteiger partial charge in [0.15, 0.2) is 0 Å². The molecule has 1 aromatic rings. The Kier molecular flexibility index (Phi) is 6.15. The molecule has 2 amide bonds. The molecule has 21 heavy (non-hydrogen) atoms. The van der Waals surface area contributed by atoms with E-state index in [9.17, 15) is 4.79 Å². The van der Waals surface area contributed by atoms with Gasteiger partial charge in [0.25, 0.3) is 0 Å². The number of likely N-dealkylation sites (N-methyl/N-ethyl adjacent to an activating group) is 1. The molecule has 1 aliphatic rings. The summed E-state index contributed by atoms with van der Waals surface area (Å²) in [6.45, 7) is 4.42. The molecule has 0 aliphatic carbocycles. The van der Waals surface area contributed by atoms with Gasteiger partial charge >= 0.3 is 6.03 Å². The minimum atomic E-state index is -0.108. The molecule has 1 aromatic carbocycles.